The molecule has 1 aromatic rings. The Labute approximate surface area is 168 Å². The minimum atomic E-state index is 0.932. The summed E-state index contributed by atoms with van der Waals surface area (Å²) in [7, 11) is 2.22. The van der Waals surface area contributed by atoms with Crippen molar-refractivity contribution in [2.45, 2.75) is 19.8 Å². The largest absolute Gasteiger partial charge is 0.360 e. The Bertz CT molecular complexity index is 545. The first-order valence-corrected chi connectivity index (χ1v) is 11.4. The van der Waals surface area contributed by atoms with E-state index in [1.54, 1.807) is 0 Å². The minimum Gasteiger partial charge on any atom is -0.360 e. The van der Waals surface area contributed by atoms with Gasteiger partial charge in [-0.15, -0.1) is 11.3 Å². The van der Waals surface area contributed by atoms with Crippen molar-refractivity contribution in [3.05, 3.63) is 17.5 Å². The Kier molecular flexibility index (Phi) is 8.23. The number of aliphatic imine (C=N–C) groups is 1. The van der Waals surface area contributed by atoms with Crippen molar-refractivity contribution < 1.29 is 0 Å². The minimum absolute atomic E-state index is 0.932. The van der Waals surface area contributed by atoms with E-state index in [4.69, 9.17) is 4.99 Å². The highest BCUT2D eigenvalue weighted by Crippen LogP contribution is 2.22. The van der Waals surface area contributed by atoms with Crippen LogP contribution in [0.1, 0.15) is 19.8 Å². The van der Waals surface area contributed by atoms with E-state index in [2.05, 4.69) is 56.4 Å². The molecule has 2 aliphatic heterocycles. The zero-order valence-corrected chi connectivity index (χ0v) is 17.9. The van der Waals surface area contributed by atoms with Crippen molar-refractivity contribution in [3.63, 3.8) is 0 Å². The highest BCUT2D eigenvalue weighted by Gasteiger charge is 2.20. The molecule has 152 valence electrons. The molecule has 6 nitrogen and oxygen atoms in total. The Balaban J connectivity index is 1.38. The molecule has 0 unspecified atom stereocenters. The van der Waals surface area contributed by atoms with Crippen molar-refractivity contribution in [1.29, 1.82) is 0 Å². The van der Waals surface area contributed by atoms with Crippen LogP contribution >= 0.6 is 11.3 Å². The van der Waals surface area contributed by atoms with Gasteiger partial charge in [-0.05, 0) is 50.9 Å². The average molecular weight is 393 g/mol. The van der Waals surface area contributed by atoms with Gasteiger partial charge in [0.05, 0.1) is 5.00 Å². The van der Waals surface area contributed by atoms with E-state index >= 15 is 0 Å². The van der Waals surface area contributed by atoms with Crippen LogP contribution in [0.4, 0.5) is 5.00 Å². The van der Waals surface area contributed by atoms with E-state index < -0.39 is 0 Å². The molecule has 0 saturated carbocycles. The number of nitrogens with zero attached hydrogens (tertiary/aromatic N) is 5. The lowest BCUT2D eigenvalue weighted by molar-refractivity contribution is 0.152. The molecule has 0 aliphatic carbocycles. The van der Waals surface area contributed by atoms with Crippen LogP contribution in [0.15, 0.2) is 22.5 Å². The van der Waals surface area contributed by atoms with Gasteiger partial charge in [-0.3, -0.25) is 4.99 Å². The first-order valence-electron chi connectivity index (χ1n) is 10.5. The van der Waals surface area contributed by atoms with Crippen molar-refractivity contribution in [1.82, 2.24) is 20.0 Å². The summed E-state index contributed by atoms with van der Waals surface area (Å²) in [5.41, 5.74) is 0. The van der Waals surface area contributed by atoms with Gasteiger partial charge in [-0.2, -0.15) is 0 Å². The topological polar surface area (TPSA) is 37.4 Å². The maximum Gasteiger partial charge on any atom is 0.194 e. The standard InChI is InChI=1S/C20H36N6S/c1-3-21-20(22-8-4-5-9-24-12-10-23(2)11-13-24)26-16-14-25(15-17-26)19-7-6-18-27-19/h6-7,18H,3-5,8-17H2,1-2H3,(H,21,22). The first-order chi connectivity index (χ1) is 13.3. The molecular weight excluding hydrogens is 356 g/mol. The molecule has 1 N–H and O–H groups in total. The third kappa shape index (κ3) is 6.36. The molecule has 0 aromatic carbocycles. The number of guanidine groups is 1. The maximum absolute atomic E-state index is 4.91. The van der Waals surface area contributed by atoms with Crippen LogP contribution in [0.3, 0.4) is 0 Å². The fourth-order valence-electron chi connectivity index (χ4n) is 3.72. The zero-order valence-electron chi connectivity index (χ0n) is 17.1. The second-order valence-electron chi connectivity index (χ2n) is 7.51. The van der Waals surface area contributed by atoms with E-state index in [0.717, 1.165) is 45.2 Å². The number of likely N-dealkylation sites (N-methyl/N-ethyl adjacent to an activating group) is 1. The molecule has 0 amide bonds. The third-order valence-electron chi connectivity index (χ3n) is 5.47. The lowest BCUT2D eigenvalue weighted by Crippen LogP contribution is -2.52. The second-order valence-corrected chi connectivity index (χ2v) is 8.44. The molecule has 0 spiro atoms. The van der Waals surface area contributed by atoms with E-state index in [0.29, 0.717) is 0 Å². The summed E-state index contributed by atoms with van der Waals surface area (Å²) in [6, 6.07) is 4.36. The van der Waals surface area contributed by atoms with Crippen molar-refractivity contribution in [3.8, 4) is 0 Å². The maximum atomic E-state index is 4.91. The highest BCUT2D eigenvalue weighted by molar-refractivity contribution is 7.14. The summed E-state index contributed by atoms with van der Waals surface area (Å²) in [4.78, 5) is 14.8. The number of hydrogen-bond donors (Lipinski definition) is 1. The van der Waals surface area contributed by atoms with E-state index in [1.165, 1.54) is 50.6 Å². The number of unbranched alkanes of at least 4 members (excludes halogenated alkanes) is 1. The highest BCUT2D eigenvalue weighted by atomic mass is 32.1. The van der Waals surface area contributed by atoms with Crippen molar-refractivity contribution in [2.24, 2.45) is 4.99 Å². The van der Waals surface area contributed by atoms with Gasteiger partial charge < -0.3 is 24.9 Å². The SMILES string of the molecule is CCNC(=NCCCCN1CCN(C)CC1)N1CCN(c2cccs2)CC1. The van der Waals surface area contributed by atoms with Gasteiger partial charge in [-0.1, -0.05) is 0 Å². The Hall–Kier alpha value is -1.31. The van der Waals surface area contributed by atoms with E-state index in [1.807, 2.05) is 11.3 Å². The summed E-state index contributed by atoms with van der Waals surface area (Å²) < 4.78 is 0. The summed E-state index contributed by atoms with van der Waals surface area (Å²) in [6.07, 6.45) is 2.43. The molecule has 2 fully saturated rings. The summed E-state index contributed by atoms with van der Waals surface area (Å²) >= 11 is 1.84. The quantitative estimate of drug-likeness (QED) is 0.436. The fourth-order valence-corrected chi connectivity index (χ4v) is 4.50. The molecule has 0 bridgehead atoms. The number of piperazine rings is 2. The Morgan fingerprint density at radius 2 is 1.85 bits per heavy atom. The van der Waals surface area contributed by atoms with Crippen LogP contribution in [0.5, 0.6) is 0 Å². The van der Waals surface area contributed by atoms with Crippen LogP contribution in [0, 0.1) is 0 Å². The number of hydrogen-bond acceptors (Lipinski definition) is 5. The Morgan fingerprint density at radius 1 is 1.07 bits per heavy atom. The van der Waals surface area contributed by atoms with Crippen LogP contribution in [-0.2, 0) is 0 Å². The molecule has 2 saturated heterocycles. The predicted octanol–water partition coefficient (Wildman–Crippen LogP) is 1.86. The van der Waals surface area contributed by atoms with Gasteiger partial charge in [0.15, 0.2) is 5.96 Å². The summed E-state index contributed by atoms with van der Waals surface area (Å²) in [5, 5.41) is 7.04. The average Bonchev–Trinajstić information content (AvgIpc) is 3.23. The zero-order chi connectivity index (χ0) is 18.9. The number of nitrogens with one attached hydrogen (secondary N) is 1. The van der Waals surface area contributed by atoms with Crippen LogP contribution in [-0.4, -0.2) is 99.7 Å². The molecule has 1 aromatic heterocycles. The molecule has 0 atom stereocenters. The van der Waals surface area contributed by atoms with Gasteiger partial charge in [0.1, 0.15) is 0 Å². The first kappa shape index (κ1) is 20.4. The number of anilines is 1. The lowest BCUT2D eigenvalue weighted by Gasteiger charge is -2.37. The van der Waals surface area contributed by atoms with Crippen LogP contribution < -0.4 is 10.2 Å². The van der Waals surface area contributed by atoms with Gasteiger partial charge >= 0.3 is 0 Å². The fraction of sp³-hybridized carbons (Fsp3) is 0.750. The third-order valence-corrected chi connectivity index (χ3v) is 6.40. The molecule has 3 rings (SSSR count). The lowest BCUT2D eigenvalue weighted by atomic mass is 10.2. The van der Waals surface area contributed by atoms with Crippen molar-refractivity contribution in [2.75, 3.05) is 83.9 Å². The molecular formula is C20H36N6S. The normalized spacial score (nSPS) is 20.3. The van der Waals surface area contributed by atoms with Gasteiger partial charge in [0.2, 0.25) is 0 Å². The number of rotatable bonds is 7. The number of thiophene rings is 1. The summed E-state index contributed by atoms with van der Waals surface area (Å²) in [5.74, 6) is 1.10. The van der Waals surface area contributed by atoms with E-state index in [9.17, 15) is 0 Å². The van der Waals surface area contributed by atoms with E-state index in [-0.39, 0.29) is 0 Å². The monoisotopic (exact) mass is 392 g/mol. The summed E-state index contributed by atoms with van der Waals surface area (Å²) in [6.45, 7) is 14.4. The van der Waals surface area contributed by atoms with Crippen LogP contribution in [0.2, 0.25) is 0 Å². The molecule has 27 heavy (non-hydrogen) atoms. The molecule has 0 radical (unpaired) electrons. The molecule has 2 aliphatic rings. The Morgan fingerprint density at radius 3 is 2.52 bits per heavy atom. The van der Waals surface area contributed by atoms with Gasteiger partial charge in [0.25, 0.3) is 0 Å². The van der Waals surface area contributed by atoms with Gasteiger partial charge in [0, 0.05) is 65.4 Å². The molecule has 3 heterocycles. The van der Waals surface area contributed by atoms with Crippen LogP contribution in [0.25, 0.3) is 0 Å². The second kappa shape index (κ2) is 10.9. The predicted molar refractivity (Wildman–Crippen MR) is 117 cm³/mol. The van der Waals surface area contributed by atoms with Gasteiger partial charge in [-0.25, -0.2) is 0 Å². The smallest absolute Gasteiger partial charge is 0.194 e. The molecule has 7 heteroatoms. The van der Waals surface area contributed by atoms with Crippen molar-refractivity contribution >= 4 is 22.3 Å².